The minimum atomic E-state index is -0.282. The van der Waals surface area contributed by atoms with Gasteiger partial charge in [0.25, 0.3) is 0 Å². The lowest BCUT2D eigenvalue weighted by Gasteiger charge is -2.08. The first-order valence-electron chi connectivity index (χ1n) is 5.81. The minimum absolute atomic E-state index is 0.282. The van der Waals surface area contributed by atoms with E-state index in [0.29, 0.717) is 0 Å². The molecule has 1 aromatic rings. The molecule has 1 aliphatic carbocycles. The van der Waals surface area contributed by atoms with Crippen molar-refractivity contribution < 1.29 is 5.11 Å². The number of hydrogen-bond donors (Lipinski definition) is 2. The van der Waals surface area contributed by atoms with E-state index >= 15 is 0 Å². The molecular formula is C13H18N2O. The highest BCUT2D eigenvalue weighted by Gasteiger charge is 2.10. The van der Waals surface area contributed by atoms with Gasteiger partial charge in [-0.1, -0.05) is 18.1 Å². The number of nitrogens with zero attached hydrogens (tertiary/aromatic N) is 1. The number of allylic oxidation sites excluding steroid dienone is 1. The zero-order valence-electron chi connectivity index (χ0n) is 9.39. The average Bonchev–Trinajstić information content (AvgIpc) is 2.46. The van der Waals surface area contributed by atoms with E-state index in [9.17, 15) is 5.11 Å². The SMILES string of the molecule is Nc1ccncc1CC1=CC(O)CCCC1. The molecule has 0 amide bonds. The molecule has 3 nitrogen and oxygen atoms in total. The van der Waals surface area contributed by atoms with Gasteiger partial charge in [-0.25, -0.2) is 0 Å². The summed E-state index contributed by atoms with van der Waals surface area (Å²) < 4.78 is 0. The normalized spacial score (nSPS) is 21.3. The summed E-state index contributed by atoms with van der Waals surface area (Å²) in [6.07, 6.45) is 10.2. The number of pyridine rings is 1. The van der Waals surface area contributed by atoms with E-state index in [1.54, 1.807) is 6.20 Å². The smallest absolute Gasteiger partial charge is 0.0723 e. The van der Waals surface area contributed by atoms with E-state index in [1.807, 2.05) is 18.3 Å². The van der Waals surface area contributed by atoms with Crippen LogP contribution in [-0.2, 0) is 6.42 Å². The predicted octanol–water partition coefficient (Wildman–Crippen LogP) is 2.07. The lowest BCUT2D eigenvalue weighted by molar-refractivity contribution is 0.211. The second kappa shape index (κ2) is 5.12. The van der Waals surface area contributed by atoms with Crippen LogP contribution in [0.5, 0.6) is 0 Å². The Bertz CT molecular complexity index is 387. The van der Waals surface area contributed by atoms with Gasteiger partial charge in [0, 0.05) is 18.1 Å². The van der Waals surface area contributed by atoms with Crippen molar-refractivity contribution in [3.63, 3.8) is 0 Å². The molecule has 1 aromatic heterocycles. The quantitative estimate of drug-likeness (QED) is 0.747. The third-order valence-corrected chi connectivity index (χ3v) is 3.03. The summed E-state index contributed by atoms with van der Waals surface area (Å²) in [5.74, 6) is 0. The van der Waals surface area contributed by atoms with Crippen LogP contribution in [0.3, 0.4) is 0 Å². The van der Waals surface area contributed by atoms with Gasteiger partial charge in [0.05, 0.1) is 6.10 Å². The molecule has 0 aromatic carbocycles. The zero-order valence-corrected chi connectivity index (χ0v) is 9.39. The molecule has 0 radical (unpaired) electrons. The van der Waals surface area contributed by atoms with Crippen molar-refractivity contribution in [1.29, 1.82) is 0 Å². The summed E-state index contributed by atoms with van der Waals surface area (Å²) in [5.41, 5.74) is 9.01. The molecule has 1 unspecified atom stereocenters. The summed E-state index contributed by atoms with van der Waals surface area (Å²) in [7, 11) is 0. The molecule has 1 aliphatic rings. The molecule has 0 fully saturated rings. The number of nitrogen functional groups attached to an aromatic ring is 1. The molecule has 1 atom stereocenters. The Kier molecular flexibility index (Phi) is 3.57. The largest absolute Gasteiger partial charge is 0.398 e. The van der Waals surface area contributed by atoms with Gasteiger partial charge in [-0.3, -0.25) is 4.98 Å². The van der Waals surface area contributed by atoms with E-state index in [-0.39, 0.29) is 6.10 Å². The van der Waals surface area contributed by atoms with Crippen molar-refractivity contribution in [3.8, 4) is 0 Å². The average molecular weight is 218 g/mol. The van der Waals surface area contributed by atoms with Gasteiger partial charge in [-0.15, -0.1) is 0 Å². The van der Waals surface area contributed by atoms with Crippen molar-refractivity contribution in [3.05, 3.63) is 35.7 Å². The van der Waals surface area contributed by atoms with Crippen LogP contribution in [0.2, 0.25) is 0 Å². The molecule has 3 heteroatoms. The highest BCUT2D eigenvalue weighted by atomic mass is 16.3. The van der Waals surface area contributed by atoms with Crippen molar-refractivity contribution in [2.45, 2.75) is 38.2 Å². The molecule has 0 bridgehead atoms. The van der Waals surface area contributed by atoms with Gasteiger partial charge >= 0.3 is 0 Å². The topological polar surface area (TPSA) is 59.1 Å². The van der Waals surface area contributed by atoms with E-state index in [2.05, 4.69) is 4.98 Å². The molecule has 3 N–H and O–H groups in total. The lowest BCUT2D eigenvalue weighted by Crippen LogP contribution is -2.02. The molecule has 0 saturated heterocycles. The Hall–Kier alpha value is -1.35. The Morgan fingerprint density at radius 3 is 3.12 bits per heavy atom. The third kappa shape index (κ3) is 2.83. The van der Waals surface area contributed by atoms with Gasteiger partial charge in [-0.05, 0) is 37.3 Å². The second-order valence-electron chi connectivity index (χ2n) is 4.39. The third-order valence-electron chi connectivity index (χ3n) is 3.03. The van der Waals surface area contributed by atoms with Crippen molar-refractivity contribution in [1.82, 2.24) is 4.98 Å². The lowest BCUT2D eigenvalue weighted by atomic mass is 10.0. The number of nitrogens with two attached hydrogens (primary N) is 1. The maximum atomic E-state index is 9.68. The van der Waals surface area contributed by atoms with Crippen molar-refractivity contribution in [2.24, 2.45) is 0 Å². The molecular weight excluding hydrogens is 200 g/mol. The van der Waals surface area contributed by atoms with Crippen LogP contribution in [0.15, 0.2) is 30.1 Å². The molecule has 1 heterocycles. The summed E-state index contributed by atoms with van der Waals surface area (Å²) in [6.45, 7) is 0. The van der Waals surface area contributed by atoms with Gasteiger partial charge in [0.2, 0.25) is 0 Å². The summed E-state index contributed by atoms with van der Waals surface area (Å²) >= 11 is 0. The first-order valence-corrected chi connectivity index (χ1v) is 5.81. The Morgan fingerprint density at radius 2 is 2.31 bits per heavy atom. The number of rotatable bonds is 2. The molecule has 0 saturated carbocycles. The van der Waals surface area contributed by atoms with E-state index < -0.39 is 0 Å². The highest BCUT2D eigenvalue weighted by Crippen LogP contribution is 2.22. The highest BCUT2D eigenvalue weighted by molar-refractivity contribution is 5.46. The fourth-order valence-corrected chi connectivity index (χ4v) is 2.12. The number of anilines is 1. The number of aromatic nitrogens is 1. The fraction of sp³-hybridized carbons (Fsp3) is 0.462. The number of aliphatic hydroxyl groups excluding tert-OH is 1. The van der Waals surface area contributed by atoms with Gasteiger partial charge in [-0.2, -0.15) is 0 Å². The van der Waals surface area contributed by atoms with Crippen LogP contribution < -0.4 is 5.73 Å². The van der Waals surface area contributed by atoms with E-state index in [0.717, 1.165) is 43.4 Å². The van der Waals surface area contributed by atoms with Gasteiger partial charge in [0.1, 0.15) is 0 Å². The zero-order chi connectivity index (χ0) is 11.4. The Labute approximate surface area is 96.0 Å². The van der Waals surface area contributed by atoms with Crippen LogP contribution in [0.25, 0.3) is 0 Å². The van der Waals surface area contributed by atoms with Crippen LogP contribution in [0, 0.1) is 0 Å². The maximum absolute atomic E-state index is 9.68. The van der Waals surface area contributed by atoms with Gasteiger partial charge < -0.3 is 10.8 Å². The molecule has 0 aliphatic heterocycles. The van der Waals surface area contributed by atoms with Crippen LogP contribution >= 0.6 is 0 Å². The Morgan fingerprint density at radius 1 is 1.44 bits per heavy atom. The molecule has 86 valence electrons. The van der Waals surface area contributed by atoms with E-state index in [4.69, 9.17) is 5.73 Å². The van der Waals surface area contributed by atoms with Crippen LogP contribution in [0.1, 0.15) is 31.2 Å². The van der Waals surface area contributed by atoms with E-state index in [1.165, 1.54) is 5.57 Å². The van der Waals surface area contributed by atoms with Crippen LogP contribution in [-0.4, -0.2) is 16.2 Å². The Balaban J connectivity index is 2.11. The number of hydrogen-bond acceptors (Lipinski definition) is 3. The predicted molar refractivity (Wildman–Crippen MR) is 64.9 cm³/mol. The summed E-state index contributed by atoms with van der Waals surface area (Å²) in [5, 5.41) is 9.68. The molecule has 2 rings (SSSR count). The summed E-state index contributed by atoms with van der Waals surface area (Å²) in [6, 6.07) is 1.82. The second-order valence-corrected chi connectivity index (χ2v) is 4.39. The first kappa shape index (κ1) is 11.1. The monoisotopic (exact) mass is 218 g/mol. The number of aliphatic hydroxyl groups is 1. The maximum Gasteiger partial charge on any atom is 0.0723 e. The van der Waals surface area contributed by atoms with Crippen molar-refractivity contribution >= 4 is 5.69 Å². The van der Waals surface area contributed by atoms with Gasteiger partial charge in [0.15, 0.2) is 0 Å². The van der Waals surface area contributed by atoms with Crippen molar-refractivity contribution in [2.75, 3.05) is 5.73 Å². The fourth-order valence-electron chi connectivity index (χ4n) is 2.12. The molecule has 16 heavy (non-hydrogen) atoms. The first-order chi connectivity index (χ1) is 7.75. The molecule has 0 spiro atoms. The van der Waals surface area contributed by atoms with Crippen LogP contribution in [0.4, 0.5) is 5.69 Å². The standard InChI is InChI=1S/C13H18N2O/c14-13-5-6-15-9-11(13)7-10-3-1-2-4-12(16)8-10/h5-6,8-9,12,16H,1-4,7H2,(H2,14,15). The summed E-state index contributed by atoms with van der Waals surface area (Å²) in [4.78, 5) is 4.08. The minimum Gasteiger partial charge on any atom is -0.398 e.